The van der Waals surface area contributed by atoms with Crippen molar-refractivity contribution in [3.8, 4) is 0 Å². The van der Waals surface area contributed by atoms with E-state index in [-0.39, 0.29) is 24.2 Å². The van der Waals surface area contributed by atoms with E-state index >= 15 is 0 Å². The van der Waals surface area contributed by atoms with Crippen LogP contribution < -0.4 is 5.32 Å². The van der Waals surface area contributed by atoms with Crippen LogP contribution in [-0.4, -0.2) is 41.2 Å². The highest BCUT2D eigenvalue weighted by molar-refractivity contribution is 6.08. The van der Waals surface area contributed by atoms with E-state index in [4.69, 9.17) is 4.74 Å². The predicted molar refractivity (Wildman–Crippen MR) is 136 cm³/mol. The summed E-state index contributed by atoms with van der Waals surface area (Å²) in [6, 6.07) is 16.3. The third-order valence-electron chi connectivity index (χ3n) is 6.69. The molecule has 7 heteroatoms. The number of fused-ring (bicyclic) bond motifs is 1. The van der Waals surface area contributed by atoms with Gasteiger partial charge in [0.05, 0.1) is 11.8 Å². The molecule has 2 aromatic rings. The molecule has 2 aliphatic rings. The average molecular weight is 489 g/mol. The zero-order chi connectivity index (χ0) is 25.7. The maximum atomic E-state index is 13.1. The molecule has 0 spiro atoms. The van der Waals surface area contributed by atoms with Gasteiger partial charge in [0.15, 0.2) is 6.61 Å². The zero-order valence-corrected chi connectivity index (χ0v) is 20.7. The van der Waals surface area contributed by atoms with Crippen molar-refractivity contribution < 1.29 is 23.9 Å². The fourth-order valence-corrected chi connectivity index (χ4v) is 4.92. The smallest absolute Gasteiger partial charge is 0.329 e. The van der Waals surface area contributed by atoms with E-state index in [1.165, 1.54) is 0 Å². The van der Waals surface area contributed by atoms with Gasteiger partial charge in [-0.2, -0.15) is 0 Å². The maximum Gasteiger partial charge on any atom is 0.329 e. The lowest BCUT2D eigenvalue weighted by Crippen LogP contribution is -2.47. The van der Waals surface area contributed by atoms with Crippen molar-refractivity contribution in [2.24, 2.45) is 17.8 Å². The summed E-state index contributed by atoms with van der Waals surface area (Å²) < 4.78 is 5.35. The summed E-state index contributed by atoms with van der Waals surface area (Å²) >= 11 is 0. The number of benzene rings is 2. The number of amides is 3. The number of carbonyl (C=O) groups is 4. The number of nitrogens with one attached hydrogen (secondary N) is 1. The lowest BCUT2D eigenvalue weighted by atomic mass is 9.85. The first kappa shape index (κ1) is 25.4. The maximum absolute atomic E-state index is 13.1. The standard InChI is InChI=1S/C29H32N2O5/c1-19(2)16-25(31-27(33)22-13-7-8-14-23(22)28(31)34)29(35)36-18-26(32)30-24-15-9-6-12-21(24)17-20-10-4-3-5-11-20/h3-12,15,19,22-23,25H,13-14,16-18H2,1-2H3,(H,30,32). The third-order valence-corrected chi connectivity index (χ3v) is 6.69. The second kappa shape index (κ2) is 11.3. The zero-order valence-electron chi connectivity index (χ0n) is 20.7. The van der Waals surface area contributed by atoms with Crippen LogP contribution in [0.15, 0.2) is 66.7 Å². The van der Waals surface area contributed by atoms with Gasteiger partial charge in [0.1, 0.15) is 6.04 Å². The van der Waals surface area contributed by atoms with Crippen molar-refractivity contribution in [2.75, 3.05) is 11.9 Å². The number of hydrogen-bond donors (Lipinski definition) is 1. The molecule has 0 saturated carbocycles. The highest BCUT2D eigenvalue weighted by atomic mass is 16.5. The average Bonchev–Trinajstić information content (AvgIpc) is 3.12. The monoisotopic (exact) mass is 488 g/mol. The van der Waals surface area contributed by atoms with Crippen LogP contribution in [0.4, 0.5) is 5.69 Å². The fourth-order valence-electron chi connectivity index (χ4n) is 4.92. The van der Waals surface area contributed by atoms with Gasteiger partial charge in [-0.3, -0.25) is 19.3 Å². The Bertz CT molecular complexity index is 1130. The molecule has 0 bridgehead atoms. The molecule has 0 radical (unpaired) electrons. The van der Waals surface area contributed by atoms with Gasteiger partial charge >= 0.3 is 5.97 Å². The summed E-state index contributed by atoms with van der Waals surface area (Å²) in [6.45, 7) is 3.32. The molecule has 36 heavy (non-hydrogen) atoms. The molecule has 3 amide bonds. The van der Waals surface area contributed by atoms with Crippen LogP contribution in [0.25, 0.3) is 0 Å². The van der Waals surface area contributed by atoms with Crippen molar-refractivity contribution in [1.29, 1.82) is 0 Å². The first-order chi connectivity index (χ1) is 17.3. The molecule has 7 nitrogen and oxygen atoms in total. The SMILES string of the molecule is CC(C)CC(C(=O)OCC(=O)Nc1ccccc1Cc1ccccc1)N1C(=O)C2CC=CCC2C1=O. The number of imide groups is 1. The number of para-hydroxylation sites is 1. The molecule has 3 atom stereocenters. The van der Waals surface area contributed by atoms with Crippen LogP contribution in [0.2, 0.25) is 0 Å². The molecule has 2 aromatic carbocycles. The van der Waals surface area contributed by atoms with Crippen molar-refractivity contribution in [3.05, 3.63) is 77.9 Å². The molecule has 1 heterocycles. The Kier molecular flexibility index (Phi) is 7.98. The number of anilines is 1. The van der Waals surface area contributed by atoms with Gasteiger partial charge in [-0.15, -0.1) is 0 Å². The normalized spacial score (nSPS) is 19.8. The highest BCUT2D eigenvalue weighted by Crippen LogP contribution is 2.37. The Morgan fingerprint density at radius 1 is 0.944 bits per heavy atom. The molecular weight excluding hydrogens is 456 g/mol. The van der Waals surface area contributed by atoms with Gasteiger partial charge in [0.2, 0.25) is 11.8 Å². The van der Waals surface area contributed by atoms with E-state index in [1.54, 1.807) is 6.07 Å². The second-order valence-electron chi connectivity index (χ2n) is 9.82. The van der Waals surface area contributed by atoms with Gasteiger partial charge in [-0.25, -0.2) is 4.79 Å². The van der Waals surface area contributed by atoms with Crippen LogP contribution in [0.5, 0.6) is 0 Å². The number of ether oxygens (including phenoxy) is 1. The Hall–Kier alpha value is -3.74. The molecule has 1 aliphatic heterocycles. The first-order valence-corrected chi connectivity index (χ1v) is 12.5. The van der Waals surface area contributed by atoms with Crippen LogP contribution in [0.3, 0.4) is 0 Å². The van der Waals surface area contributed by atoms with E-state index in [0.29, 0.717) is 24.9 Å². The van der Waals surface area contributed by atoms with Crippen LogP contribution in [0, 0.1) is 17.8 Å². The first-order valence-electron chi connectivity index (χ1n) is 12.5. The topological polar surface area (TPSA) is 92.8 Å². The second-order valence-corrected chi connectivity index (χ2v) is 9.82. The van der Waals surface area contributed by atoms with Gasteiger partial charge < -0.3 is 10.1 Å². The van der Waals surface area contributed by atoms with Crippen molar-refractivity contribution in [2.45, 2.75) is 45.6 Å². The summed E-state index contributed by atoms with van der Waals surface area (Å²) in [7, 11) is 0. The van der Waals surface area contributed by atoms with Crippen molar-refractivity contribution in [1.82, 2.24) is 4.90 Å². The number of esters is 1. The summed E-state index contributed by atoms with van der Waals surface area (Å²) in [5.41, 5.74) is 2.69. The van der Waals surface area contributed by atoms with E-state index in [9.17, 15) is 19.2 Å². The molecule has 4 rings (SSSR count). The Balaban J connectivity index is 1.40. The van der Waals surface area contributed by atoms with E-state index in [2.05, 4.69) is 5.32 Å². The Labute approximate surface area is 211 Å². The third kappa shape index (κ3) is 5.73. The molecule has 1 aliphatic carbocycles. The predicted octanol–water partition coefficient (Wildman–Crippen LogP) is 4.13. The molecule has 188 valence electrons. The van der Waals surface area contributed by atoms with E-state index in [0.717, 1.165) is 16.0 Å². The summed E-state index contributed by atoms with van der Waals surface area (Å²) in [5.74, 6) is -2.66. The van der Waals surface area contributed by atoms with Crippen LogP contribution in [-0.2, 0) is 30.3 Å². The van der Waals surface area contributed by atoms with E-state index < -0.39 is 36.4 Å². The van der Waals surface area contributed by atoms with Gasteiger partial charge in [-0.1, -0.05) is 74.5 Å². The number of allylic oxidation sites excluding steroid dienone is 2. The van der Waals surface area contributed by atoms with Gasteiger partial charge in [-0.05, 0) is 48.8 Å². The molecule has 0 aromatic heterocycles. The molecule has 1 fully saturated rings. The number of carbonyl (C=O) groups excluding carboxylic acids is 4. The molecule has 1 N–H and O–H groups in total. The quantitative estimate of drug-likeness (QED) is 0.326. The Morgan fingerprint density at radius 2 is 1.56 bits per heavy atom. The highest BCUT2D eigenvalue weighted by Gasteiger charge is 2.51. The molecule has 3 unspecified atom stereocenters. The minimum absolute atomic E-state index is 0.0441. The van der Waals surface area contributed by atoms with Gasteiger partial charge in [0, 0.05) is 5.69 Å². The molecule has 1 saturated heterocycles. The number of likely N-dealkylation sites (tertiary alicyclic amines) is 1. The Morgan fingerprint density at radius 3 is 2.19 bits per heavy atom. The number of rotatable bonds is 9. The summed E-state index contributed by atoms with van der Waals surface area (Å²) in [4.78, 5) is 52.9. The van der Waals surface area contributed by atoms with Crippen molar-refractivity contribution >= 4 is 29.4 Å². The molecular formula is C29H32N2O5. The lowest BCUT2D eigenvalue weighted by Gasteiger charge is -2.26. The summed E-state index contributed by atoms with van der Waals surface area (Å²) in [6.07, 6.45) is 5.74. The lowest BCUT2D eigenvalue weighted by molar-refractivity contribution is -0.160. The van der Waals surface area contributed by atoms with Crippen LogP contribution >= 0.6 is 0 Å². The summed E-state index contributed by atoms with van der Waals surface area (Å²) in [5, 5.41) is 2.82. The van der Waals surface area contributed by atoms with E-state index in [1.807, 2.05) is 74.5 Å². The van der Waals surface area contributed by atoms with Crippen molar-refractivity contribution in [3.63, 3.8) is 0 Å². The minimum Gasteiger partial charge on any atom is -0.454 e. The van der Waals surface area contributed by atoms with Gasteiger partial charge in [0.25, 0.3) is 5.91 Å². The number of hydrogen-bond acceptors (Lipinski definition) is 5. The largest absolute Gasteiger partial charge is 0.454 e. The minimum atomic E-state index is -1.03. The van der Waals surface area contributed by atoms with Crippen LogP contribution in [0.1, 0.15) is 44.2 Å². The number of nitrogens with zero attached hydrogens (tertiary/aromatic N) is 1. The fraction of sp³-hybridized carbons (Fsp3) is 0.379.